The summed E-state index contributed by atoms with van der Waals surface area (Å²) in [6.07, 6.45) is 34.7. The molecular weight excluding hydrogens is 829 g/mol. The van der Waals surface area contributed by atoms with Gasteiger partial charge in [0.05, 0.1) is 0 Å². The summed E-state index contributed by atoms with van der Waals surface area (Å²) in [6, 6.07) is 0. The molecule has 5 fully saturated rings. The minimum Gasteiger partial charge on any atom is -0.0683 e. The lowest BCUT2D eigenvalue weighted by molar-refractivity contribution is 0.201. The Morgan fingerprint density at radius 2 is 0.580 bits per heavy atom. The number of hydrogen-bond donors (Lipinski definition) is 0. The van der Waals surface area contributed by atoms with Crippen molar-refractivity contribution in [2.75, 3.05) is 0 Å². The van der Waals surface area contributed by atoms with Gasteiger partial charge in [-0.3, -0.25) is 0 Å². The Hall–Kier alpha value is 0. The zero-order valence-electron chi connectivity index (χ0n) is 57.1. The lowest BCUT2D eigenvalue weighted by Crippen LogP contribution is -2.19. The number of hydrogen-bond acceptors (Lipinski definition) is 0. The van der Waals surface area contributed by atoms with Crippen molar-refractivity contribution in [1.29, 1.82) is 0 Å². The molecule has 0 N–H and O–H groups in total. The van der Waals surface area contributed by atoms with Crippen molar-refractivity contribution in [1.82, 2.24) is 0 Å². The second-order valence-electron chi connectivity index (χ2n) is 25.7. The molecule has 0 unspecified atom stereocenters. The molecule has 434 valence electrons. The quantitative estimate of drug-likeness (QED) is 0.264. The summed E-state index contributed by atoms with van der Waals surface area (Å²) in [4.78, 5) is 0. The van der Waals surface area contributed by atoms with E-state index >= 15 is 0 Å². The molecular formula is C69H158. The van der Waals surface area contributed by atoms with E-state index in [0.717, 1.165) is 47.3 Å². The van der Waals surface area contributed by atoms with E-state index in [1.165, 1.54) is 154 Å². The Labute approximate surface area is 451 Å². The molecule has 0 aromatic heterocycles. The molecule has 0 atom stereocenters. The molecule has 0 radical (unpaired) electrons. The molecule has 0 spiro atoms. The van der Waals surface area contributed by atoms with Crippen molar-refractivity contribution in [3.8, 4) is 0 Å². The average molecular weight is 988 g/mol. The molecule has 0 nitrogen and oxygen atoms in total. The van der Waals surface area contributed by atoms with E-state index in [1.807, 2.05) is 55.4 Å². The zero-order valence-corrected chi connectivity index (χ0v) is 57.1. The van der Waals surface area contributed by atoms with Crippen molar-refractivity contribution < 1.29 is 0 Å². The first-order valence-electron chi connectivity index (χ1n) is 32.0. The molecule has 69 heavy (non-hydrogen) atoms. The van der Waals surface area contributed by atoms with Crippen LogP contribution in [-0.4, -0.2) is 0 Å². The third-order valence-corrected chi connectivity index (χ3v) is 11.8. The van der Waals surface area contributed by atoms with Gasteiger partial charge < -0.3 is 0 Å². The maximum atomic E-state index is 2.39. The second-order valence-corrected chi connectivity index (χ2v) is 25.7. The van der Waals surface area contributed by atoms with Gasteiger partial charge in [0, 0.05) is 0 Å². The average Bonchev–Trinajstić information content (AvgIpc) is 3.64. The van der Waals surface area contributed by atoms with Crippen LogP contribution < -0.4 is 0 Å². The Bertz CT molecular complexity index is 720. The highest BCUT2D eigenvalue weighted by Crippen LogP contribution is 2.37. The van der Waals surface area contributed by atoms with Gasteiger partial charge in [-0.25, -0.2) is 0 Å². The summed E-state index contributed by atoms with van der Waals surface area (Å²) >= 11 is 0. The third kappa shape index (κ3) is 140. The Morgan fingerprint density at radius 3 is 0.681 bits per heavy atom. The van der Waals surface area contributed by atoms with Crippen LogP contribution in [0.2, 0.25) is 0 Å². The second kappa shape index (κ2) is 70.1. The molecule has 5 rings (SSSR count). The van der Waals surface area contributed by atoms with E-state index in [0.29, 0.717) is 16.2 Å². The largest absolute Gasteiger partial charge is 0.0683 e. The standard InChI is InChI=1S/C9H18.2C7H14.C6H12.C6H14.3C5H12.C4H8.C4H10.C3H8.4C2H6/c1-8-4-6-9(2,3)7-5-8;1-7-5-3-2-4-6-7;1-2-7-5-3-4-6-7;1-6-4-2-3-5-6;1-5-6(2,3)4;1-5(2,3)4;2*1-4-5(2)3;1-4-2-3-4;1-4(2)3;1-3-2;4*1-2/h8H,4-7H2,1-3H3;2*7H,2-6H2,1H3;6H,2-5H2,1H3;5H2,1-4H3;1-4H3;2*5H,4H2,1-3H3;4H,2-3H2,1H3;4H,1-3H3;3H2,1-2H3;4*1-2H3. The van der Waals surface area contributed by atoms with Crippen LogP contribution in [0.25, 0.3) is 0 Å². The molecule has 0 bridgehead atoms. The lowest BCUT2D eigenvalue weighted by Gasteiger charge is -2.32. The van der Waals surface area contributed by atoms with E-state index in [1.54, 1.807) is 0 Å². The fourth-order valence-corrected chi connectivity index (χ4v) is 5.57. The van der Waals surface area contributed by atoms with Gasteiger partial charge in [-0.05, 0) is 76.4 Å². The van der Waals surface area contributed by atoms with Gasteiger partial charge in [0.25, 0.3) is 0 Å². The van der Waals surface area contributed by atoms with Gasteiger partial charge in [-0.15, -0.1) is 0 Å². The van der Waals surface area contributed by atoms with Crippen LogP contribution in [0.15, 0.2) is 0 Å². The van der Waals surface area contributed by atoms with Crippen LogP contribution in [0.3, 0.4) is 0 Å². The Morgan fingerprint density at radius 1 is 0.391 bits per heavy atom. The Balaban J connectivity index is -0.0000000690. The highest BCUT2D eigenvalue weighted by atomic mass is 14.3. The predicted octanol–water partition coefficient (Wildman–Crippen LogP) is 27.8. The molecule has 0 saturated heterocycles. The van der Waals surface area contributed by atoms with Crippen LogP contribution in [0, 0.1) is 63.6 Å². The topological polar surface area (TPSA) is 0 Å². The summed E-state index contributed by atoms with van der Waals surface area (Å²) in [5.41, 5.74) is 1.70. The van der Waals surface area contributed by atoms with Crippen molar-refractivity contribution in [2.24, 2.45) is 63.6 Å². The molecule has 5 aliphatic carbocycles. The molecule has 0 aliphatic heterocycles. The van der Waals surface area contributed by atoms with Gasteiger partial charge in [0.1, 0.15) is 0 Å². The van der Waals surface area contributed by atoms with Crippen molar-refractivity contribution in [3.63, 3.8) is 0 Å². The van der Waals surface area contributed by atoms with Crippen molar-refractivity contribution in [2.45, 2.75) is 390 Å². The van der Waals surface area contributed by atoms with E-state index in [2.05, 4.69) is 180 Å². The number of rotatable bonds is 3. The minimum absolute atomic E-state index is 0.500. The lowest BCUT2D eigenvalue weighted by atomic mass is 9.74. The maximum absolute atomic E-state index is 2.39. The maximum Gasteiger partial charge on any atom is -0.0354 e. The Kier molecular flexibility index (Phi) is 93.1. The van der Waals surface area contributed by atoms with Crippen LogP contribution in [0.5, 0.6) is 0 Å². The zero-order chi connectivity index (χ0) is 57.1. The van der Waals surface area contributed by atoms with Gasteiger partial charge in [0.15, 0.2) is 0 Å². The van der Waals surface area contributed by atoms with Crippen LogP contribution in [0.1, 0.15) is 390 Å². The fourth-order valence-electron chi connectivity index (χ4n) is 5.57. The molecule has 0 aromatic rings. The SMILES string of the molecule is CC.CC.CC.CC.CC(C)(C)C.CC(C)C.CC1CC1.CC1CCC(C)(C)CC1.CC1CCCC1.CC1CCCCC1.CCC.CCC(C)(C)C.CCC(C)C.CCC(C)C.CCC1CCCC1. The van der Waals surface area contributed by atoms with E-state index < -0.39 is 0 Å². The normalized spacial score (nSPS) is 16.8. The third-order valence-electron chi connectivity index (χ3n) is 11.8. The first kappa shape index (κ1) is 91.7. The van der Waals surface area contributed by atoms with E-state index in [4.69, 9.17) is 0 Å². The molecule has 0 amide bonds. The van der Waals surface area contributed by atoms with Crippen molar-refractivity contribution in [3.05, 3.63) is 0 Å². The highest BCUT2D eigenvalue weighted by molar-refractivity contribution is 4.76. The van der Waals surface area contributed by atoms with Crippen LogP contribution in [-0.2, 0) is 0 Å². The summed E-state index contributed by atoms with van der Waals surface area (Å²) < 4.78 is 0. The molecule has 0 heteroatoms. The molecule has 5 aliphatic rings. The fraction of sp³-hybridized carbons (Fsp3) is 1.00. The first-order valence-corrected chi connectivity index (χ1v) is 32.0. The summed E-state index contributed by atoms with van der Waals surface area (Å²) in [6.45, 7) is 74.2. The molecule has 5 saturated carbocycles. The minimum atomic E-state index is 0.500. The van der Waals surface area contributed by atoms with Crippen LogP contribution in [0.4, 0.5) is 0 Å². The van der Waals surface area contributed by atoms with Crippen LogP contribution >= 0.6 is 0 Å². The van der Waals surface area contributed by atoms with Gasteiger partial charge in [0.2, 0.25) is 0 Å². The summed E-state index contributed by atoms with van der Waals surface area (Å²) in [7, 11) is 0. The predicted molar refractivity (Wildman–Crippen MR) is 339 cm³/mol. The van der Waals surface area contributed by atoms with E-state index in [-0.39, 0.29) is 0 Å². The first-order chi connectivity index (χ1) is 32.0. The van der Waals surface area contributed by atoms with E-state index in [9.17, 15) is 0 Å². The molecule has 0 heterocycles. The summed E-state index contributed by atoms with van der Waals surface area (Å²) in [5, 5.41) is 0. The highest BCUT2D eigenvalue weighted by Gasteiger charge is 2.24. The monoisotopic (exact) mass is 987 g/mol. The van der Waals surface area contributed by atoms with Gasteiger partial charge in [-0.2, -0.15) is 0 Å². The van der Waals surface area contributed by atoms with Crippen molar-refractivity contribution >= 4 is 0 Å². The molecule has 0 aromatic carbocycles. The van der Waals surface area contributed by atoms with Gasteiger partial charge >= 0.3 is 0 Å². The smallest absolute Gasteiger partial charge is 0.0354 e. The van der Waals surface area contributed by atoms with Gasteiger partial charge in [-0.1, -0.05) is 377 Å². The summed E-state index contributed by atoms with van der Waals surface area (Å²) in [5.74, 6) is 7.86.